The highest BCUT2D eigenvalue weighted by Gasteiger charge is 2.24. The first-order chi connectivity index (χ1) is 13.0. The van der Waals surface area contributed by atoms with Crippen molar-refractivity contribution in [2.75, 3.05) is 6.54 Å². The molecule has 1 aliphatic heterocycles. The third-order valence-electron chi connectivity index (χ3n) is 4.34. The molecular formula is C20H21NO6. The van der Waals surface area contributed by atoms with Gasteiger partial charge in [0.2, 0.25) is 0 Å². The van der Waals surface area contributed by atoms with Gasteiger partial charge in [0, 0.05) is 12.1 Å². The number of aliphatic hydroxyl groups excluding tert-OH is 2. The number of alkyl carbamates (subject to hydrolysis) is 1. The van der Waals surface area contributed by atoms with E-state index in [1.807, 2.05) is 30.3 Å². The second kappa shape index (κ2) is 8.66. The molecule has 0 aliphatic carbocycles. The number of benzene rings is 2. The van der Waals surface area contributed by atoms with E-state index in [2.05, 4.69) is 5.32 Å². The Bertz CT molecular complexity index is 807. The van der Waals surface area contributed by atoms with Gasteiger partial charge in [0.05, 0.1) is 11.7 Å². The summed E-state index contributed by atoms with van der Waals surface area (Å²) in [5, 5.41) is 23.0. The maximum absolute atomic E-state index is 11.7. The van der Waals surface area contributed by atoms with Crippen molar-refractivity contribution in [1.82, 2.24) is 5.32 Å². The van der Waals surface area contributed by atoms with E-state index in [4.69, 9.17) is 9.47 Å². The Hall–Kier alpha value is -2.90. The number of hydrogen-bond donors (Lipinski definition) is 3. The number of ether oxygens (including phenoxy) is 2. The third kappa shape index (κ3) is 4.84. The van der Waals surface area contributed by atoms with Crippen LogP contribution in [0.25, 0.3) is 0 Å². The lowest BCUT2D eigenvalue weighted by Gasteiger charge is -2.19. The molecule has 2 atom stereocenters. The highest BCUT2D eigenvalue weighted by atomic mass is 16.5. The van der Waals surface area contributed by atoms with Crippen molar-refractivity contribution in [1.29, 1.82) is 0 Å². The van der Waals surface area contributed by atoms with E-state index in [1.165, 1.54) is 0 Å². The molecule has 0 radical (unpaired) electrons. The quantitative estimate of drug-likeness (QED) is 0.644. The third-order valence-corrected chi connectivity index (χ3v) is 4.34. The molecule has 1 aliphatic rings. The number of esters is 1. The van der Waals surface area contributed by atoms with Crippen molar-refractivity contribution in [3.8, 4) is 0 Å². The maximum atomic E-state index is 11.7. The molecule has 0 aromatic heterocycles. The largest absolute Gasteiger partial charge is 0.457 e. The van der Waals surface area contributed by atoms with Gasteiger partial charge in [-0.25, -0.2) is 9.59 Å². The van der Waals surface area contributed by atoms with Gasteiger partial charge in [-0.2, -0.15) is 0 Å². The summed E-state index contributed by atoms with van der Waals surface area (Å²) in [7, 11) is 0. The molecule has 1 amide bonds. The highest BCUT2D eigenvalue weighted by Crippen LogP contribution is 2.26. The Morgan fingerprint density at radius 1 is 1.19 bits per heavy atom. The molecule has 7 nitrogen and oxygen atoms in total. The summed E-state index contributed by atoms with van der Waals surface area (Å²) in [6, 6.07) is 14.1. The van der Waals surface area contributed by atoms with E-state index in [0.717, 1.165) is 5.56 Å². The first-order valence-electron chi connectivity index (χ1n) is 8.65. The van der Waals surface area contributed by atoms with Crippen LogP contribution in [-0.4, -0.2) is 34.9 Å². The number of rotatable bonds is 7. The van der Waals surface area contributed by atoms with Gasteiger partial charge in [-0.3, -0.25) is 0 Å². The number of cyclic esters (lactones) is 1. The molecule has 0 saturated carbocycles. The number of carbonyl (C=O) groups excluding carboxylic acids is 2. The lowest BCUT2D eigenvalue weighted by molar-refractivity contribution is 0.0136. The van der Waals surface area contributed by atoms with Crippen molar-refractivity contribution < 1.29 is 29.3 Å². The Morgan fingerprint density at radius 2 is 1.96 bits per heavy atom. The fourth-order valence-electron chi connectivity index (χ4n) is 2.81. The Balaban J connectivity index is 1.43. The number of aliphatic hydroxyl groups is 2. The summed E-state index contributed by atoms with van der Waals surface area (Å²) in [5.74, 6) is -0.384. The molecule has 3 N–H and O–H groups in total. The van der Waals surface area contributed by atoms with Crippen molar-refractivity contribution in [3.05, 3.63) is 70.8 Å². The summed E-state index contributed by atoms with van der Waals surface area (Å²) in [6.45, 7) is 0.478. The molecule has 1 heterocycles. The van der Waals surface area contributed by atoms with Crippen LogP contribution < -0.4 is 5.32 Å². The van der Waals surface area contributed by atoms with Crippen LogP contribution in [0.15, 0.2) is 48.5 Å². The summed E-state index contributed by atoms with van der Waals surface area (Å²) in [6.07, 6.45) is -2.65. The number of amides is 1. The van der Waals surface area contributed by atoms with Gasteiger partial charge >= 0.3 is 12.1 Å². The van der Waals surface area contributed by atoms with Crippen molar-refractivity contribution >= 4 is 12.1 Å². The van der Waals surface area contributed by atoms with Crippen LogP contribution in [0.2, 0.25) is 0 Å². The lowest BCUT2D eigenvalue weighted by Crippen LogP contribution is -2.29. The standard InChI is InChI=1S/C20H21NO6/c22-17(8-9-21-20(25)27-11-13-4-2-1-3-5-13)18(23)14-6-7-16-15(10-14)12-26-19(16)24/h1-7,10,17-18,22-23H,8-9,11-12H2,(H,21,25). The zero-order chi connectivity index (χ0) is 19.2. The van der Waals surface area contributed by atoms with E-state index in [9.17, 15) is 19.8 Å². The number of fused-ring (bicyclic) bond motifs is 1. The van der Waals surface area contributed by atoms with E-state index in [0.29, 0.717) is 16.7 Å². The fourth-order valence-corrected chi connectivity index (χ4v) is 2.81. The first kappa shape index (κ1) is 18.9. The smallest absolute Gasteiger partial charge is 0.407 e. The van der Waals surface area contributed by atoms with Crippen LogP contribution in [0.4, 0.5) is 4.79 Å². The molecule has 0 fully saturated rings. The van der Waals surface area contributed by atoms with Gasteiger partial charge in [0.15, 0.2) is 0 Å². The Labute approximate surface area is 156 Å². The summed E-state index contributed by atoms with van der Waals surface area (Å²) >= 11 is 0. The minimum atomic E-state index is -1.13. The van der Waals surface area contributed by atoms with Gasteiger partial charge in [-0.05, 0) is 29.7 Å². The van der Waals surface area contributed by atoms with E-state index >= 15 is 0 Å². The van der Waals surface area contributed by atoms with Crippen molar-refractivity contribution in [2.24, 2.45) is 0 Å². The number of hydrogen-bond acceptors (Lipinski definition) is 6. The molecular weight excluding hydrogens is 350 g/mol. The van der Waals surface area contributed by atoms with Crippen molar-refractivity contribution in [3.63, 3.8) is 0 Å². The van der Waals surface area contributed by atoms with Crippen LogP contribution in [0.1, 0.15) is 39.6 Å². The van der Waals surface area contributed by atoms with Crippen LogP contribution >= 0.6 is 0 Å². The SMILES string of the molecule is O=C(NCCC(O)C(O)c1ccc2c(c1)COC2=O)OCc1ccccc1. The molecule has 2 aromatic carbocycles. The Kier molecular flexibility index (Phi) is 6.05. The molecule has 2 unspecified atom stereocenters. The molecule has 7 heteroatoms. The minimum absolute atomic E-state index is 0.147. The molecule has 142 valence electrons. The normalized spacial score (nSPS) is 14.8. The number of carbonyl (C=O) groups is 2. The van der Waals surface area contributed by atoms with E-state index in [-0.39, 0.29) is 32.1 Å². The monoisotopic (exact) mass is 371 g/mol. The molecule has 3 rings (SSSR count). The van der Waals surface area contributed by atoms with Gasteiger partial charge in [0.25, 0.3) is 0 Å². The first-order valence-corrected chi connectivity index (χ1v) is 8.65. The summed E-state index contributed by atoms with van der Waals surface area (Å²) in [4.78, 5) is 23.1. The number of nitrogens with one attached hydrogen (secondary N) is 1. The molecule has 2 aromatic rings. The zero-order valence-corrected chi connectivity index (χ0v) is 14.6. The van der Waals surface area contributed by atoms with Crippen LogP contribution in [0, 0.1) is 0 Å². The highest BCUT2D eigenvalue weighted by molar-refractivity contribution is 5.93. The molecule has 0 bridgehead atoms. The van der Waals surface area contributed by atoms with Crippen LogP contribution in [0.3, 0.4) is 0 Å². The zero-order valence-electron chi connectivity index (χ0n) is 14.6. The average Bonchev–Trinajstić information content (AvgIpc) is 3.06. The van der Waals surface area contributed by atoms with Gasteiger partial charge in [-0.15, -0.1) is 0 Å². The molecule has 0 spiro atoms. The lowest BCUT2D eigenvalue weighted by atomic mass is 9.98. The van der Waals surface area contributed by atoms with Crippen molar-refractivity contribution in [2.45, 2.75) is 31.8 Å². The molecule has 0 saturated heterocycles. The second-order valence-electron chi connectivity index (χ2n) is 6.28. The van der Waals surface area contributed by atoms with Crippen LogP contribution in [0.5, 0.6) is 0 Å². The van der Waals surface area contributed by atoms with E-state index < -0.39 is 18.3 Å². The predicted molar refractivity (Wildman–Crippen MR) is 95.8 cm³/mol. The predicted octanol–water partition coefficient (Wildman–Crippen LogP) is 2.07. The average molecular weight is 371 g/mol. The van der Waals surface area contributed by atoms with Crippen LogP contribution in [-0.2, 0) is 22.7 Å². The minimum Gasteiger partial charge on any atom is -0.457 e. The summed E-state index contributed by atoms with van der Waals surface area (Å²) < 4.78 is 10.00. The van der Waals surface area contributed by atoms with Gasteiger partial charge < -0.3 is 25.0 Å². The maximum Gasteiger partial charge on any atom is 0.407 e. The fraction of sp³-hybridized carbons (Fsp3) is 0.300. The topological polar surface area (TPSA) is 105 Å². The van der Waals surface area contributed by atoms with Gasteiger partial charge in [-0.1, -0.05) is 36.4 Å². The molecule has 27 heavy (non-hydrogen) atoms. The second-order valence-corrected chi connectivity index (χ2v) is 6.28. The van der Waals surface area contributed by atoms with Gasteiger partial charge in [0.1, 0.15) is 19.3 Å². The van der Waals surface area contributed by atoms with E-state index in [1.54, 1.807) is 18.2 Å². The summed E-state index contributed by atoms with van der Waals surface area (Å²) in [5.41, 5.74) is 2.53. The Morgan fingerprint density at radius 3 is 2.74 bits per heavy atom.